The van der Waals surface area contributed by atoms with E-state index in [9.17, 15) is 9.90 Å². The van der Waals surface area contributed by atoms with E-state index in [1.54, 1.807) is 13.0 Å². The van der Waals surface area contributed by atoms with Crippen LogP contribution in [-0.4, -0.2) is 17.7 Å². The summed E-state index contributed by atoms with van der Waals surface area (Å²) in [5.74, 6) is 1.44. The molecule has 2 amide bonds. The number of nitrogens with one attached hydrogen (secondary N) is 2. The molecule has 1 unspecified atom stereocenters. The van der Waals surface area contributed by atoms with Gasteiger partial charge in [0.15, 0.2) is 0 Å². The largest absolute Gasteiger partial charge is 0.389 e. The van der Waals surface area contributed by atoms with Crippen molar-refractivity contribution in [3.63, 3.8) is 0 Å². The van der Waals surface area contributed by atoms with Crippen molar-refractivity contribution >= 4 is 11.7 Å². The SMILES string of the molecule is CC1CCC(CNC(=O)Nc2cccc(C(C)O)c2)CC1. The zero-order chi connectivity index (χ0) is 15.2. The molecule has 0 heterocycles. The number of rotatable bonds is 4. The summed E-state index contributed by atoms with van der Waals surface area (Å²) in [7, 11) is 0. The third-order valence-electron chi connectivity index (χ3n) is 4.31. The van der Waals surface area contributed by atoms with E-state index in [0.717, 1.165) is 18.0 Å². The van der Waals surface area contributed by atoms with Crippen LogP contribution in [0.2, 0.25) is 0 Å². The van der Waals surface area contributed by atoms with E-state index in [0.29, 0.717) is 11.6 Å². The van der Waals surface area contributed by atoms with Crippen molar-refractivity contribution in [2.75, 3.05) is 11.9 Å². The fraction of sp³-hybridized carbons (Fsp3) is 0.588. The topological polar surface area (TPSA) is 61.4 Å². The minimum Gasteiger partial charge on any atom is -0.389 e. The second kappa shape index (κ2) is 7.46. The van der Waals surface area contributed by atoms with Crippen LogP contribution < -0.4 is 10.6 Å². The van der Waals surface area contributed by atoms with Crippen LogP contribution in [0.4, 0.5) is 10.5 Å². The minimum absolute atomic E-state index is 0.170. The first-order valence-corrected chi connectivity index (χ1v) is 7.87. The lowest BCUT2D eigenvalue weighted by atomic mass is 9.83. The summed E-state index contributed by atoms with van der Waals surface area (Å²) >= 11 is 0. The molecule has 1 aromatic rings. The first-order valence-electron chi connectivity index (χ1n) is 7.87. The second-order valence-corrected chi connectivity index (χ2v) is 6.26. The Kier molecular flexibility index (Phi) is 5.62. The Bertz CT molecular complexity index is 466. The highest BCUT2D eigenvalue weighted by Crippen LogP contribution is 2.27. The molecule has 1 fully saturated rings. The summed E-state index contributed by atoms with van der Waals surface area (Å²) in [5.41, 5.74) is 1.51. The van der Waals surface area contributed by atoms with Gasteiger partial charge in [-0.15, -0.1) is 0 Å². The van der Waals surface area contributed by atoms with Gasteiger partial charge >= 0.3 is 6.03 Å². The third kappa shape index (κ3) is 5.05. The third-order valence-corrected chi connectivity index (χ3v) is 4.31. The van der Waals surface area contributed by atoms with E-state index in [-0.39, 0.29) is 6.03 Å². The lowest BCUT2D eigenvalue weighted by molar-refractivity contribution is 0.199. The minimum atomic E-state index is -0.529. The average Bonchev–Trinajstić information content (AvgIpc) is 2.47. The highest BCUT2D eigenvalue weighted by Gasteiger charge is 2.18. The summed E-state index contributed by atoms with van der Waals surface area (Å²) in [6.07, 6.45) is 4.42. The summed E-state index contributed by atoms with van der Waals surface area (Å²) in [4.78, 5) is 11.9. The smallest absolute Gasteiger partial charge is 0.319 e. The molecule has 116 valence electrons. The van der Waals surface area contributed by atoms with Gasteiger partial charge in [0.1, 0.15) is 0 Å². The van der Waals surface area contributed by atoms with Crippen molar-refractivity contribution in [1.29, 1.82) is 0 Å². The number of hydrogen-bond donors (Lipinski definition) is 3. The highest BCUT2D eigenvalue weighted by molar-refractivity contribution is 5.89. The van der Waals surface area contributed by atoms with Gasteiger partial charge in [-0.1, -0.05) is 31.9 Å². The van der Waals surface area contributed by atoms with Crippen LogP contribution in [0, 0.1) is 11.8 Å². The van der Waals surface area contributed by atoms with Gasteiger partial charge in [0.25, 0.3) is 0 Å². The van der Waals surface area contributed by atoms with Gasteiger partial charge in [-0.25, -0.2) is 4.79 Å². The number of carbonyl (C=O) groups excluding carboxylic acids is 1. The number of anilines is 1. The number of hydrogen-bond acceptors (Lipinski definition) is 2. The van der Waals surface area contributed by atoms with Gasteiger partial charge in [0.2, 0.25) is 0 Å². The van der Waals surface area contributed by atoms with Gasteiger partial charge in [-0.2, -0.15) is 0 Å². The average molecular weight is 290 g/mol. The van der Waals surface area contributed by atoms with Gasteiger partial charge in [0, 0.05) is 12.2 Å². The fourth-order valence-electron chi connectivity index (χ4n) is 2.82. The number of amides is 2. The van der Waals surface area contributed by atoms with Crippen LogP contribution in [0.25, 0.3) is 0 Å². The molecule has 1 aromatic carbocycles. The molecule has 4 nitrogen and oxygen atoms in total. The van der Waals surface area contributed by atoms with Crippen LogP contribution in [0.1, 0.15) is 51.2 Å². The molecule has 3 N–H and O–H groups in total. The number of aliphatic hydroxyl groups excluding tert-OH is 1. The molecule has 0 aliphatic heterocycles. The first-order chi connectivity index (χ1) is 10.0. The molecule has 0 bridgehead atoms. The fourth-order valence-corrected chi connectivity index (χ4v) is 2.82. The number of urea groups is 1. The van der Waals surface area contributed by atoms with E-state index in [2.05, 4.69) is 17.6 Å². The van der Waals surface area contributed by atoms with Crippen LogP contribution in [0.5, 0.6) is 0 Å². The van der Waals surface area contributed by atoms with Crippen LogP contribution in [0.15, 0.2) is 24.3 Å². The molecule has 21 heavy (non-hydrogen) atoms. The summed E-state index contributed by atoms with van der Waals surface area (Å²) in [6, 6.07) is 7.13. The molecule has 4 heteroatoms. The maximum atomic E-state index is 11.9. The zero-order valence-corrected chi connectivity index (χ0v) is 12.9. The predicted octanol–water partition coefficient (Wildman–Crippen LogP) is 3.69. The van der Waals surface area contributed by atoms with Crippen molar-refractivity contribution in [3.8, 4) is 0 Å². The lowest BCUT2D eigenvalue weighted by Crippen LogP contribution is -2.34. The molecule has 1 aliphatic rings. The van der Waals surface area contributed by atoms with E-state index in [1.165, 1.54) is 25.7 Å². The molecule has 0 spiro atoms. The Morgan fingerprint density at radius 2 is 2.05 bits per heavy atom. The second-order valence-electron chi connectivity index (χ2n) is 6.26. The Balaban J connectivity index is 1.78. The lowest BCUT2D eigenvalue weighted by Gasteiger charge is -2.26. The van der Waals surface area contributed by atoms with Gasteiger partial charge in [-0.05, 0) is 49.3 Å². The molecule has 1 aliphatic carbocycles. The maximum Gasteiger partial charge on any atom is 0.319 e. The zero-order valence-electron chi connectivity index (χ0n) is 12.9. The number of benzene rings is 1. The Hall–Kier alpha value is -1.55. The Labute approximate surface area is 126 Å². The van der Waals surface area contributed by atoms with Gasteiger partial charge in [0.05, 0.1) is 6.10 Å². The van der Waals surface area contributed by atoms with Crippen molar-refractivity contribution in [2.45, 2.75) is 45.6 Å². The van der Waals surface area contributed by atoms with E-state index >= 15 is 0 Å². The molecule has 0 saturated heterocycles. The summed E-state index contributed by atoms with van der Waals surface area (Å²) < 4.78 is 0. The molecule has 1 saturated carbocycles. The van der Waals surface area contributed by atoms with E-state index in [4.69, 9.17) is 0 Å². The van der Waals surface area contributed by atoms with Crippen molar-refractivity contribution < 1.29 is 9.90 Å². The van der Waals surface area contributed by atoms with Crippen LogP contribution >= 0.6 is 0 Å². The predicted molar refractivity (Wildman–Crippen MR) is 85.2 cm³/mol. The normalized spacial score (nSPS) is 23.4. The van der Waals surface area contributed by atoms with Crippen LogP contribution in [0.3, 0.4) is 0 Å². The van der Waals surface area contributed by atoms with Gasteiger partial charge < -0.3 is 15.7 Å². The number of carbonyl (C=O) groups is 1. The molecule has 1 atom stereocenters. The van der Waals surface area contributed by atoms with Crippen molar-refractivity contribution in [3.05, 3.63) is 29.8 Å². The summed E-state index contributed by atoms with van der Waals surface area (Å²) in [5, 5.41) is 15.3. The van der Waals surface area contributed by atoms with Crippen molar-refractivity contribution in [2.24, 2.45) is 11.8 Å². The molecule has 0 aromatic heterocycles. The Morgan fingerprint density at radius 3 is 2.71 bits per heavy atom. The number of aliphatic hydroxyl groups is 1. The monoisotopic (exact) mass is 290 g/mol. The van der Waals surface area contributed by atoms with E-state index in [1.807, 2.05) is 18.2 Å². The van der Waals surface area contributed by atoms with Crippen LogP contribution in [-0.2, 0) is 0 Å². The standard InChI is InChI=1S/C17H26N2O2/c1-12-6-8-14(9-7-12)11-18-17(21)19-16-5-3-4-15(10-16)13(2)20/h3-5,10,12-14,20H,6-9,11H2,1-2H3,(H2,18,19,21). The van der Waals surface area contributed by atoms with Crippen molar-refractivity contribution in [1.82, 2.24) is 5.32 Å². The Morgan fingerprint density at radius 1 is 1.33 bits per heavy atom. The molecule has 2 rings (SSSR count). The maximum absolute atomic E-state index is 11.9. The quantitative estimate of drug-likeness (QED) is 0.792. The highest BCUT2D eigenvalue weighted by atomic mass is 16.3. The molecular weight excluding hydrogens is 264 g/mol. The summed E-state index contributed by atoms with van der Waals surface area (Å²) in [6.45, 7) is 4.75. The van der Waals surface area contributed by atoms with E-state index < -0.39 is 6.10 Å². The molecular formula is C17H26N2O2. The first kappa shape index (κ1) is 15.8. The van der Waals surface area contributed by atoms with Gasteiger partial charge in [-0.3, -0.25) is 0 Å². The molecule has 0 radical (unpaired) electrons.